The first-order valence-corrected chi connectivity index (χ1v) is 5.17. The Kier molecular flexibility index (Phi) is 3.01. The van der Waals surface area contributed by atoms with Gasteiger partial charge in [-0.1, -0.05) is 24.3 Å². The van der Waals surface area contributed by atoms with Crippen molar-refractivity contribution >= 4 is 11.7 Å². The van der Waals surface area contributed by atoms with Crippen LogP contribution in [0.4, 0.5) is 0 Å². The average Bonchev–Trinajstić information content (AvgIpc) is 2.59. The summed E-state index contributed by atoms with van der Waals surface area (Å²) in [4.78, 5) is 24.0. The fraction of sp³-hybridized carbons (Fsp3) is 0.333. The van der Waals surface area contributed by atoms with Crippen molar-refractivity contribution in [3.8, 4) is 0 Å². The van der Waals surface area contributed by atoms with E-state index in [1.54, 1.807) is 4.90 Å². The summed E-state index contributed by atoms with van der Waals surface area (Å²) in [6.45, 7) is 0.707. The molecule has 1 aromatic carbocycles. The molecule has 1 N–H and O–H groups in total. The van der Waals surface area contributed by atoms with E-state index in [1.807, 2.05) is 24.3 Å². The second kappa shape index (κ2) is 4.45. The predicted octanol–water partition coefficient (Wildman–Crippen LogP) is 0.480. The summed E-state index contributed by atoms with van der Waals surface area (Å²) < 4.78 is 0. The van der Waals surface area contributed by atoms with Crippen LogP contribution in [-0.2, 0) is 22.7 Å². The third-order valence-electron chi connectivity index (χ3n) is 2.65. The summed E-state index contributed by atoms with van der Waals surface area (Å²) in [5.41, 5.74) is 1.81. The standard InChI is InChI=1S/C12H13NO3/c14-8-10-3-1-9(2-4-10)6-13-7-11(15)5-12(13)16/h1-4,14H,5-8H2. The Hall–Kier alpha value is -1.68. The van der Waals surface area contributed by atoms with Crippen LogP contribution in [0.25, 0.3) is 0 Å². The first-order valence-electron chi connectivity index (χ1n) is 5.17. The Labute approximate surface area is 93.5 Å². The van der Waals surface area contributed by atoms with Gasteiger partial charge in [-0.3, -0.25) is 9.59 Å². The van der Waals surface area contributed by atoms with Gasteiger partial charge in [0.15, 0.2) is 5.78 Å². The Morgan fingerprint density at radius 1 is 1.12 bits per heavy atom. The smallest absolute Gasteiger partial charge is 0.230 e. The third-order valence-corrected chi connectivity index (χ3v) is 2.65. The van der Waals surface area contributed by atoms with Crippen LogP contribution in [-0.4, -0.2) is 28.2 Å². The number of hydrogen-bond acceptors (Lipinski definition) is 3. The number of ketones is 1. The molecule has 1 amide bonds. The summed E-state index contributed by atoms with van der Waals surface area (Å²) >= 11 is 0. The number of carbonyl (C=O) groups is 2. The molecular formula is C12H13NO3. The van der Waals surface area contributed by atoms with Crippen molar-refractivity contribution in [3.05, 3.63) is 35.4 Å². The molecule has 4 heteroatoms. The van der Waals surface area contributed by atoms with Gasteiger partial charge in [0, 0.05) is 6.54 Å². The molecule has 1 aliphatic heterocycles. The maximum Gasteiger partial charge on any atom is 0.230 e. The molecule has 1 saturated heterocycles. The average molecular weight is 219 g/mol. The lowest BCUT2D eigenvalue weighted by molar-refractivity contribution is -0.128. The molecule has 4 nitrogen and oxygen atoms in total. The molecule has 0 aliphatic carbocycles. The third kappa shape index (κ3) is 2.28. The van der Waals surface area contributed by atoms with E-state index in [9.17, 15) is 9.59 Å². The molecule has 1 heterocycles. The number of hydrogen-bond donors (Lipinski definition) is 1. The first kappa shape index (κ1) is 10.8. The molecule has 1 fully saturated rings. The number of aliphatic hydroxyl groups is 1. The van der Waals surface area contributed by atoms with Crippen molar-refractivity contribution in [1.29, 1.82) is 0 Å². The Morgan fingerprint density at radius 2 is 1.75 bits per heavy atom. The second-order valence-electron chi connectivity index (χ2n) is 3.94. The number of benzene rings is 1. The number of Topliss-reactive ketones (excluding diaryl/α,β-unsaturated/α-hetero) is 1. The van der Waals surface area contributed by atoms with Gasteiger partial charge in [-0.25, -0.2) is 0 Å². The lowest BCUT2D eigenvalue weighted by Gasteiger charge is -2.14. The zero-order chi connectivity index (χ0) is 11.5. The van der Waals surface area contributed by atoms with Crippen molar-refractivity contribution in [2.24, 2.45) is 0 Å². The summed E-state index contributed by atoms with van der Waals surface area (Å²) in [6.07, 6.45) is 0.0364. The lowest BCUT2D eigenvalue weighted by Crippen LogP contribution is -2.24. The molecule has 0 saturated carbocycles. The van der Waals surface area contributed by atoms with Crippen molar-refractivity contribution in [1.82, 2.24) is 4.90 Å². The summed E-state index contributed by atoms with van der Waals surface area (Å²) in [6, 6.07) is 7.36. The highest BCUT2D eigenvalue weighted by Gasteiger charge is 2.26. The number of likely N-dealkylation sites (tertiary alicyclic amines) is 1. The van der Waals surface area contributed by atoms with Gasteiger partial charge < -0.3 is 10.0 Å². The van der Waals surface area contributed by atoms with Crippen LogP contribution in [0.1, 0.15) is 17.5 Å². The van der Waals surface area contributed by atoms with Crippen molar-refractivity contribution < 1.29 is 14.7 Å². The van der Waals surface area contributed by atoms with E-state index in [0.29, 0.717) is 6.54 Å². The van der Waals surface area contributed by atoms with Crippen LogP contribution >= 0.6 is 0 Å². The zero-order valence-corrected chi connectivity index (χ0v) is 8.85. The number of nitrogens with zero attached hydrogens (tertiary/aromatic N) is 1. The fourth-order valence-electron chi connectivity index (χ4n) is 1.75. The zero-order valence-electron chi connectivity index (χ0n) is 8.85. The van der Waals surface area contributed by atoms with Crippen LogP contribution < -0.4 is 0 Å². The molecule has 0 atom stereocenters. The Balaban J connectivity index is 2.03. The van der Waals surface area contributed by atoms with E-state index in [4.69, 9.17) is 5.11 Å². The topological polar surface area (TPSA) is 57.6 Å². The maximum absolute atomic E-state index is 11.4. The second-order valence-corrected chi connectivity index (χ2v) is 3.94. The summed E-state index contributed by atoms with van der Waals surface area (Å²) in [5.74, 6) is -0.117. The van der Waals surface area contributed by atoms with E-state index in [-0.39, 0.29) is 31.3 Å². The van der Waals surface area contributed by atoms with Crippen molar-refractivity contribution in [3.63, 3.8) is 0 Å². The van der Waals surface area contributed by atoms with Gasteiger partial charge in [-0.2, -0.15) is 0 Å². The van der Waals surface area contributed by atoms with E-state index < -0.39 is 0 Å². The number of carbonyl (C=O) groups excluding carboxylic acids is 2. The summed E-state index contributed by atoms with van der Waals surface area (Å²) in [7, 11) is 0. The monoisotopic (exact) mass is 219 g/mol. The van der Waals surface area contributed by atoms with Crippen molar-refractivity contribution in [2.45, 2.75) is 19.6 Å². The van der Waals surface area contributed by atoms with E-state index in [1.165, 1.54) is 0 Å². The van der Waals surface area contributed by atoms with Crippen LogP contribution in [0, 0.1) is 0 Å². The van der Waals surface area contributed by atoms with Gasteiger partial charge in [0.2, 0.25) is 5.91 Å². The molecule has 0 bridgehead atoms. The van der Waals surface area contributed by atoms with E-state index >= 15 is 0 Å². The SMILES string of the molecule is O=C1CC(=O)N(Cc2ccc(CO)cc2)C1. The highest BCUT2D eigenvalue weighted by Crippen LogP contribution is 2.12. The first-order chi connectivity index (χ1) is 7.69. The lowest BCUT2D eigenvalue weighted by atomic mass is 10.1. The minimum absolute atomic E-state index is 0.0153. The molecule has 0 radical (unpaired) electrons. The predicted molar refractivity (Wildman–Crippen MR) is 57.4 cm³/mol. The molecular weight excluding hydrogens is 206 g/mol. The Bertz CT molecular complexity index is 411. The largest absolute Gasteiger partial charge is 0.392 e. The molecule has 1 aromatic rings. The molecule has 2 rings (SSSR count). The minimum atomic E-state index is -0.101. The number of rotatable bonds is 3. The number of aliphatic hydroxyl groups excluding tert-OH is 1. The Morgan fingerprint density at radius 3 is 2.25 bits per heavy atom. The summed E-state index contributed by atoms with van der Waals surface area (Å²) in [5, 5.41) is 8.88. The van der Waals surface area contributed by atoms with Crippen molar-refractivity contribution in [2.75, 3.05) is 6.54 Å². The van der Waals surface area contributed by atoms with Crippen LogP contribution in [0.5, 0.6) is 0 Å². The fourth-order valence-corrected chi connectivity index (χ4v) is 1.75. The quantitative estimate of drug-likeness (QED) is 0.752. The maximum atomic E-state index is 11.4. The van der Waals surface area contributed by atoms with Gasteiger partial charge in [0.05, 0.1) is 19.6 Å². The molecule has 1 aliphatic rings. The highest BCUT2D eigenvalue weighted by molar-refractivity contribution is 6.05. The van der Waals surface area contributed by atoms with Gasteiger partial charge >= 0.3 is 0 Å². The van der Waals surface area contributed by atoms with E-state index in [2.05, 4.69) is 0 Å². The van der Waals surface area contributed by atoms with Gasteiger partial charge in [0.25, 0.3) is 0 Å². The van der Waals surface area contributed by atoms with Gasteiger partial charge in [-0.15, -0.1) is 0 Å². The van der Waals surface area contributed by atoms with Gasteiger partial charge in [0.1, 0.15) is 0 Å². The van der Waals surface area contributed by atoms with E-state index in [0.717, 1.165) is 11.1 Å². The number of amides is 1. The molecule has 0 aromatic heterocycles. The highest BCUT2D eigenvalue weighted by atomic mass is 16.3. The normalized spacial score (nSPS) is 15.9. The van der Waals surface area contributed by atoms with Crippen LogP contribution in [0.15, 0.2) is 24.3 Å². The van der Waals surface area contributed by atoms with Crippen LogP contribution in [0.3, 0.4) is 0 Å². The van der Waals surface area contributed by atoms with Crippen LogP contribution in [0.2, 0.25) is 0 Å². The molecule has 0 spiro atoms. The van der Waals surface area contributed by atoms with Gasteiger partial charge in [-0.05, 0) is 11.1 Å². The molecule has 16 heavy (non-hydrogen) atoms. The molecule has 0 unspecified atom stereocenters. The minimum Gasteiger partial charge on any atom is -0.392 e. The molecule has 84 valence electrons.